The minimum Gasteiger partial charge on any atom is -0.336 e. The molecule has 0 bridgehead atoms. The van der Waals surface area contributed by atoms with Gasteiger partial charge in [0.2, 0.25) is 5.43 Å². The third-order valence-electron chi connectivity index (χ3n) is 5.92. The zero-order valence-corrected chi connectivity index (χ0v) is 19.0. The zero-order valence-electron chi connectivity index (χ0n) is 19.0. The minimum absolute atomic E-state index is 0.142. The molecule has 0 atom stereocenters. The maximum atomic E-state index is 13.5. The predicted octanol–water partition coefficient (Wildman–Crippen LogP) is 3.03. The van der Waals surface area contributed by atoms with Gasteiger partial charge in [-0.05, 0) is 45.8 Å². The smallest absolute Gasteiger partial charge is 0.294 e. The van der Waals surface area contributed by atoms with E-state index in [4.69, 9.17) is 0 Å². The average molecular weight is 442 g/mol. The number of amides is 1. The van der Waals surface area contributed by atoms with Gasteiger partial charge in [-0.25, -0.2) is 4.68 Å². The standard InChI is InChI=1S/C23H31N5O4/c1-17-15-21(29)22(24-27(17)19-11-7-8-12-20(19)28(31)32)23(30)26(14-13-25(2)3)16-18-9-5-4-6-10-18/h7-8,11-12,15,18H,4-6,9-10,13-14,16H2,1-3H3. The summed E-state index contributed by atoms with van der Waals surface area (Å²) in [5.74, 6) is -0.00694. The quantitative estimate of drug-likeness (QED) is 0.461. The molecule has 1 aliphatic rings. The number of rotatable bonds is 8. The summed E-state index contributed by atoms with van der Waals surface area (Å²) >= 11 is 0. The van der Waals surface area contributed by atoms with Crippen LogP contribution in [0, 0.1) is 23.0 Å². The summed E-state index contributed by atoms with van der Waals surface area (Å²) in [6.07, 6.45) is 5.70. The highest BCUT2D eigenvalue weighted by Crippen LogP contribution is 2.25. The number of benzene rings is 1. The van der Waals surface area contributed by atoms with Crippen LogP contribution in [0.5, 0.6) is 0 Å². The van der Waals surface area contributed by atoms with Crippen LogP contribution < -0.4 is 5.43 Å². The number of carbonyl (C=O) groups is 1. The molecule has 32 heavy (non-hydrogen) atoms. The lowest BCUT2D eigenvalue weighted by Gasteiger charge is -2.30. The molecule has 1 aromatic carbocycles. The van der Waals surface area contributed by atoms with E-state index in [2.05, 4.69) is 5.10 Å². The maximum absolute atomic E-state index is 13.5. The fourth-order valence-corrected chi connectivity index (χ4v) is 4.16. The number of nitro benzene ring substituents is 1. The Balaban J connectivity index is 1.98. The molecule has 3 rings (SSSR count). The fraction of sp³-hybridized carbons (Fsp3) is 0.522. The van der Waals surface area contributed by atoms with Crippen LogP contribution in [0.3, 0.4) is 0 Å². The van der Waals surface area contributed by atoms with Crippen molar-refractivity contribution in [1.82, 2.24) is 19.6 Å². The first-order valence-electron chi connectivity index (χ1n) is 11.1. The van der Waals surface area contributed by atoms with Gasteiger partial charge in [-0.2, -0.15) is 5.10 Å². The Hall–Kier alpha value is -3.07. The molecular formula is C23H31N5O4. The van der Waals surface area contributed by atoms with Crippen LogP contribution in [0.25, 0.3) is 5.69 Å². The molecular weight excluding hydrogens is 410 g/mol. The molecule has 1 aliphatic carbocycles. The number of hydrogen-bond acceptors (Lipinski definition) is 6. The van der Waals surface area contributed by atoms with Crippen molar-refractivity contribution in [2.24, 2.45) is 5.92 Å². The van der Waals surface area contributed by atoms with E-state index in [-0.39, 0.29) is 17.1 Å². The lowest BCUT2D eigenvalue weighted by Crippen LogP contribution is -2.42. The second kappa shape index (κ2) is 10.5. The number of nitrogens with zero attached hydrogens (tertiary/aromatic N) is 5. The van der Waals surface area contributed by atoms with Gasteiger partial charge in [-0.3, -0.25) is 19.7 Å². The van der Waals surface area contributed by atoms with Crippen molar-refractivity contribution >= 4 is 11.6 Å². The van der Waals surface area contributed by atoms with Gasteiger partial charge < -0.3 is 9.80 Å². The van der Waals surface area contributed by atoms with Crippen LogP contribution in [0.2, 0.25) is 0 Å². The van der Waals surface area contributed by atoms with Crippen molar-refractivity contribution in [2.75, 3.05) is 33.7 Å². The first kappa shape index (κ1) is 23.6. The maximum Gasteiger partial charge on any atom is 0.294 e. The highest BCUT2D eigenvalue weighted by atomic mass is 16.6. The van der Waals surface area contributed by atoms with Gasteiger partial charge in [0.1, 0.15) is 5.69 Å². The molecule has 2 aromatic rings. The molecule has 1 amide bonds. The number of aryl methyl sites for hydroxylation is 1. The summed E-state index contributed by atoms with van der Waals surface area (Å²) in [5, 5.41) is 15.8. The molecule has 0 unspecified atom stereocenters. The lowest BCUT2D eigenvalue weighted by molar-refractivity contribution is -0.384. The molecule has 0 saturated heterocycles. The Morgan fingerprint density at radius 1 is 1.19 bits per heavy atom. The molecule has 1 fully saturated rings. The molecule has 172 valence electrons. The number of nitro groups is 1. The third-order valence-corrected chi connectivity index (χ3v) is 5.92. The molecule has 1 saturated carbocycles. The highest BCUT2D eigenvalue weighted by molar-refractivity contribution is 5.92. The molecule has 0 spiro atoms. The third kappa shape index (κ3) is 5.59. The minimum atomic E-state index is -0.498. The van der Waals surface area contributed by atoms with Gasteiger partial charge >= 0.3 is 0 Å². The number of para-hydroxylation sites is 2. The first-order chi connectivity index (χ1) is 15.3. The van der Waals surface area contributed by atoms with E-state index in [1.807, 2.05) is 19.0 Å². The fourth-order valence-electron chi connectivity index (χ4n) is 4.16. The van der Waals surface area contributed by atoms with Gasteiger partial charge in [0.15, 0.2) is 5.69 Å². The SMILES string of the molecule is Cc1cc(=O)c(C(=O)N(CCN(C)C)CC2CCCCC2)nn1-c1ccccc1[N+](=O)[O-]. The van der Waals surface area contributed by atoms with E-state index >= 15 is 0 Å². The molecule has 9 heteroatoms. The van der Waals surface area contributed by atoms with Gasteiger partial charge in [0.05, 0.1) is 4.92 Å². The predicted molar refractivity (Wildman–Crippen MR) is 122 cm³/mol. The Morgan fingerprint density at radius 3 is 2.53 bits per heavy atom. The van der Waals surface area contributed by atoms with Crippen LogP contribution in [0.4, 0.5) is 5.69 Å². The van der Waals surface area contributed by atoms with Crippen molar-refractivity contribution in [2.45, 2.75) is 39.0 Å². The molecule has 9 nitrogen and oxygen atoms in total. The summed E-state index contributed by atoms with van der Waals surface area (Å²) < 4.78 is 1.32. The molecule has 1 aromatic heterocycles. The number of aromatic nitrogens is 2. The summed E-state index contributed by atoms with van der Waals surface area (Å²) in [7, 11) is 3.88. The lowest BCUT2D eigenvalue weighted by atomic mass is 9.89. The number of carbonyl (C=O) groups excluding carboxylic acids is 1. The van der Waals surface area contributed by atoms with Crippen molar-refractivity contribution in [3.05, 3.63) is 62.1 Å². The number of likely N-dealkylation sites (N-methyl/N-ethyl adjacent to an activating group) is 1. The van der Waals surface area contributed by atoms with E-state index in [1.165, 1.54) is 23.2 Å². The van der Waals surface area contributed by atoms with Gasteiger partial charge in [-0.1, -0.05) is 31.4 Å². The normalized spacial score (nSPS) is 14.5. The van der Waals surface area contributed by atoms with Gasteiger partial charge in [0.25, 0.3) is 11.6 Å². The van der Waals surface area contributed by atoms with E-state index in [0.29, 0.717) is 31.2 Å². The Kier molecular flexibility index (Phi) is 7.74. The van der Waals surface area contributed by atoms with Crippen molar-refractivity contribution in [3.8, 4) is 5.69 Å². The van der Waals surface area contributed by atoms with Crippen molar-refractivity contribution in [3.63, 3.8) is 0 Å². The van der Waals surface area contributed by atoms with Crippen LogP contribution >= 0.6 is 0 Å². The Bertz CT molecular complexity index is 1030. The molecule has 0 N–H and O–H groups in total. The van der Waals surface area contributed by atoms with E-state index in [1.54, 1.807) is 30.0 Å². The second-order valence-electron chi connectivity index (χ2n) is 8.71. The first-order valence-corrected chi connectivity index (χ1v) is 11.1. The monoisotopic (exact) mass is 441 g/mol. The van der Waals surface area contributed by atoms with E-state index in [9.17, 15) is 19.7 Å². The molecule has 0 aliphatic heterocycles. The largest absolute Gasteiger partial charge is 0.336 e. The summed E-state index contributed by atoms with van der Waals surface area (Å²) in [6.45, 7) is 3.39. The van der Waals surface area contributed by atoms with E-state index < -0.39 is 16.3 Å². The summed E-state index contributed by atoms with van der Waals surface area (Å²) in [4.78, 5) is 40.9. The number of hydrogen-bond donors (Lipinski definition) is 0. The summed E-state index contributed by atoms with van der Waals surface area (Å²) in [6, 6.07) is 7.49. The van der Waals surface area contributed by atoms with Crippen LogP contribution in [0.1, 0.15) is 48.3 Å². The molecule has 1 heterocycles. The highest BCUT2D eigenvalue weighted by Gasteiger charge is 2.26. The Labute approximate surface area is 187 Å². The average Bonchev–Trinajstić information content (AvgIpc) is 2.77. The van der Waals surface area contributed by atoms with Gasteiger partial charge in [0, 0.05) is 37.5 Å². The second-order valence-corrected chi connectivity index (χ2v) is 8.71. The van der Waals surface area contributed by atoms with Crippen LogP contribution in [-0.2, 0) is 0 Å². The van der Waals surface area contributed by atoms with Crippen molar-refractivity contribution < 1.29 is 9.72 Å². The van der Waals surface area contributed by atoms with E-state index in [0.717, 1.165) is 25.7 Å². The van der Waals surface area contributed by atoms with Gasteiger partial charge in [-0.15, -0.1) is 0 Å². The summed E-state index contributed by atoms with van der Waals surface area (Å²) in [5.41, 5.74) is -0.176. The zero-order chi connectivity index (χ0) is 23.3. The Morgan fingerprint density at radius 2 is 1.88 bits per heavy atom. The van der Waals surface area contributed by atoms with Crippen LogP contribution in [0.15, 0.2) is 35.1 Å². The molecule has 0 radical (unpaired) electrons. The van der Waals surface area contributed by atoms with Crippen molar-refractivity contribution in [1.29, 1.82) is 0 Å². The van der Waals surface area contributed by atoms with Crippen LogP contribution in [-0.4, -0.2) is 64.1 Å². The topological polar surface area (TPSA) is 102 Å².